The maximum absolute atomic E-state index is 6.05. The molecule has 0 aliphatic heterocycles. The van der Waals surface area contributed by atoms with Gasteiger partial charge in [0.05, 0.1) is 6.33 Å². The van der Waals surface area contributed by atoms with Crippen LogP contribution in [0.5, 0.6) is 0 Å². The molecule has 1 fully saturated rings. The molecule has 0 unspecified atom stereocenters. The van der Waals surface area contributed by atoms with Crippen molar-refractivity contribution in [2.24, 2.45) is 0 Å². The quantitative estimate of drug-likeness (QED) is 0.682. The molecule has 0 radical (unpaired) electrons. The van der Waals surface area contributed by atoms with Crippen LogP contribution in [0.4, 0.5) is 5.82 Å². The number of nitrogens with zero attached hydrogens (tertiary/aromatic N) is 4. The van der Waals surface area contributed by atoms with E-state index in [1.165, 1.54) is 38.5 Å². The van der Waals surface area contributed by atoms with Crippen molar-refractivity contribution < 1.29 is 0 Å². The summed E-state index contributed by atoms with van der Waals surface area (Å²) in [4.78, 5) is 13.0. The van der Waals surface area contributed by atoms with Crippen LogP contribution < -0.4 is 5.32 Å². The van der Waals surface area contributed by atoms with Gasteiger partial charge in [0.15, 0.2) is 11.5 Å². The molecule has 1 aliphatic rings. The van der Waals surface area contributed by atoms with E-state index in [-0.39, 0.29) is 5.28 Å². The highest BCUT2D eigenvalue weighted by Crippen LogP contribution is 2.27. The SMILES string of the molecule is CC(C)n1cnc2nc(Cl)nc(NC3CCCCCC3)c21. The largest absolute Gasteiger partial charge is 0.365 e. The average Bonchev–Trinajstić information content (AvgIpc) is 2.69. The van der Waals surface area contributed by atoms with Crippen LogP contribution in [0.2, 0.25) is 5.28 Å². The molecule has 0 bridgehead atoms. The van der Waals surface area contributed by atoms with E-state index in [0.29, 0.717) is 17.7 Å². The minimum absolute atomic E-state index is 0.257. The molecule has 0 amide bonds. The summed E-state index contributed by atoms with van der Waals surface area (Å²) in [6.07, 6.45) is 9.44. The maximum Gasteiger partial charge on any atom is 0.226 e. The van der Waals surface area contributed by atoms with Gasteiger partial charge < -0.3 is 9.88 Å². The van der Waals surface area contributed by atoms with Crippen molar-refractivity contribution in [3.63, 3.8) is 0 Å². The number of halogens is 1. The van der Waals surface area contributed by atoms with Crippen molar-refractivity contribution in [3.8, 4) is 0 Å². The topological polar surface area (TPSA) is 55.6 Å². The molecular weight excluding hydrogens is 286 g/mol. The summed E-state index contributed by atoms with van der Waals surface area (Å²) in [5, 5.41) is 3.85. The van der Waals surface area contributed by atoms with Gasteiger partial charge in [-0.2, -0.15) is 9.97 Å². The van der Waals surface area contributed by atoms with E-state index < -0.39 is 0 Å². The number of anilines is 1. The molecule has 3 rings (SSSR count). The molecule has 0 spiro atoms. The molecule has 6 heteroatoms. The minimum Gasteiger partial charge on any atom is -0.365 e. The summed E-state index contributed by atoms with van der Waals surface area (Å²) in [5.41, 5.74) is 1.62. The van der Waals surface area contributed by atoms with Crippen molar-refractivity contribution in [1.82, 2.24) is 19.5 Å². The monoisotopic (exact) mass is 307 g/mol. The summed E-state index contributed by atoms with van der Waals surface area (Å²) < 4.78 is 2.10. The second-order valence-corrected chi connectivity index (χ2v) is 6.43. The van der Waals surface area contributed by atoms with Gasteiger partial charge in [-0.05, 0) is 38.3 Å². The predicted molar refractivity (Wildman–Crippen MR) is 85.8 cm³/mol. The van der Waals surface area contributed by atoms with E-state index in [9.17, 15) is 0 Å². The smallest absolute Gasteiger partial charge is 0.226 e. The van der Waals surface area contributed by atoms with Gasteiger partial charge in [0.2, 0.25) is 5.28 Å². The number of hydrogen-bond acceptors (Lipinski definition) is 4. The van der Waals surface area contributed by atoms with Crippen LogP contribution >= 0.6 is 11.6 Å². The Morgan fingerprint density at radius 1 is 1.19 bits per heavy atom. The third-order valence-electron chi connectivity index (χ3n) is 4.15. The lowest BCUT2D eigenvalue weighted by Crippen LogP contribution is -2.20. The molecule has 0 aromatic carbocycles. The van der Waals surface area contributed by atoms with Gasteiger partial charge in [-0.25, -0.2) is 4.98 Å². The Morgan fingerprint density at radius 3 is 2.57 bits per heavy atom. The fraction of sp³-hybridized carbons (Fsp3) is 0.667. The summed E-state index contributed by atoms with van der Waals surface area (Å²) in [6, 6.07) is 0.784. The molecule has 2 aromatic heterocycles. The number of nitrogens with one attached hydrogen (secondary N) is 1. The zero-order chi connectivity index (χ0) is 14.8. The lowest BCUT2D eigenvalue weighted by atomic mass is 10.1. The van der Waals surface area contributed by atoms with E-state index in [1.54, 1.807) is 0 Å². The van der Waals surface area contributed by atoms with Gasteiger partial charge in [0, 0.05) is 12.1 Å². The first-order chi connectivity index (χ1) is 10.1. The highest BCUT2D eigenvalue weighted by Gasteiger charge is 2.18. The number of imidazole rings is 1. The van der Waals surface area contributed by atoms with Crippen LogP contribution in [-0.2, 0) is 0 Å². The molecule has 114 valence electrons. The van der Waals surface area contributed by atoms with E-state index in [4.69, 9.17) is 11.6 Å². The number of rotatable bonds is 3. The minimum atomic E-state index is 0.257. The molecule has 5 nitrogen and oxygen atoms in total. The van der Waals surface area contributed by atoms with E-state index in [0.717, 1.165) is 11.3 Å². The first-order valence-corrected chi connectivity index (χ1v) is 8.19. The predicted octanol–water partition coefficient (Wildman–Crippen LogP) is 4.20. The van der Waals surface area contributed by atoms with Gasteiger partial charge in [-0.15, -0.1) is 0 Å². The Bertz CT molecular complexity index is 614. The summed E-state index contributed by atoms with van der Waals surface area (Å²) in [7, 11) is 0. The first kappa shape index (κ1) is 14.6. The average molecular weight is 308 g/mol. The molecule has 0 atom stereocenters. The summed E-state index contributed by atoms with van der Waals surface area (Å²) >= 11 is 6.05. The van der Waals surface area contributed by atoms with Crippen LogP contribution in [0, 0.1) is 0 Å². The van der Waals surface area contributed by atoms with Gasteiger partial charge in [0.1, 0.15) is 5.52 Å². The number of aromatic nitrogens is 4. The number of hydrogen-bond donors (Lipinski definition) is 1. The van der Waals surface area contributed by atoms with Crippen LogP contribution in [0.15, 0.2) is 6.33 Å². The highest BCUT2D eigenvalue weighted by molar-refractivity contribution is 6.28. The fourth-order valence-corrected chi connectivity index (χ4v) is 3.19. The molecular formula is C15H22ClN5. The zero-order valence-corrected chi connectivity index (χ0v) is 13.4. The summed E-state index contributed by atoms with van der Waals surface area (Å²) in [5.74, 6) is 0.822. The zero-order valence-electron chi connectivity index (χ0n) is 12.6. The lowest BCUT2D eigenvalue weighted by molar-refractivity contribution is 0.607. The molecule has 21 heavy (non-hydrogen) atoms. The third kappa shape index (κ3) is 3.12. The normalized spacial score (nSPS) is 17.3. The van der Waals surface area contributed by atoms with Crippen LogP contribution in [0.1, 0.15) is 58.4 Å². The Hall–Kier alpha value is -1.36. The first-order valence-electron chi connectivity index (χ1n) is 7.82. The second-order valence-electron chi connectivity index (χ2n) is 6.09. The Labute approximate surface area is 130 Å². The highest BCUT2D eigenvalue weighted by atomic mass is 35.5. The van der Waals surface area contributed by atoms with Gasteiger partial charge in [-0.1, -0.05) is 25.7 Å². The van der Waals surface area contributed by atoms with Gasteiger partial charge in [-0.3, -0.25) is 0 Å². The molecule has 1 saturated carbocycles. The third-order valence-corrected chi connectivity index (χ3v) is 4.32. The van der Waals surface area contributed by atoms with Crippen LogP contribution in [0.3, 0.4) is 0 Å². The van der Waals surface area contributed by atoms with Crippen molar-refractivity contribution >= 4 is 28.6 Å². The van der Waals surface area contributed by atoms with Crippen LogP contribution in [-0.4, -0.2) is 25.6 Å². The van der Waals surface area contributed by atoms with E-state index >= 15 is 0 Å². The fourth-order valence-electron chi connectivity index (χ4n) is 3.03. The molecule has 0 saturated heterocycles. The maximum atomic E-state index is 6.05. The Balaban J connectivity index is 1.97. The van der Waals surface area contributed by atoms with Crippen molar-refractivity contribution in [2.75, 3.05) is 5.32 Å². The lowest BCUT2D eigenvalue weighted by Gasteiger charge is -2.19. The van der Waals surface area contributed by atoms with Gasteiger partial charge in [0.25, 0.3) is 0 Å². The van der Waals surface area contributed by atoms with Crippen molar-refractivity contribution in [1.29, 1.82) is 0 Å². The van der Waals surface area contributed by atoms with Crippen molar-refractivity contribution in [2.45, 2.75) is 64.5 Å². The Kier molecular flexibility index (Phi) is 4.29. The Morgan fingerprint density at radius 2 is 1.90 bits per heavy atom. The molecule has 1 aliphatic carbocycles. The molecule has 2 heterocycles. The van der Waals surface area contributed by atoms with E-state index in [1.807, 2.05) is 6.33 Å². The standard InChI is InChI=1S/C15H22ClN5/c1-10(2)21-9-17-13-12(21)14(20-15(16)19-13)18-11-7-5-3-4-6-8-11/h9-11H,3-8H2,1-2H3,(H,18,19,20). The van der Waals surface area contributed by atoms with Crippen molar-refractivity contribution in [3.05, 3.63) is 11.6 Å². The molecule has 1 N–H and O–H groups in total. The van der Waals surface area contributed by atoms with Gasteiger partial charge >= 0.3 is 0 Å². The number of fused-ring (bicyclic) bond motifs is 1. The van der Waals surface area contributed by atoms with Crippen LogP contribution in [0.25, 0.3) is 11.2 Å². The molecule has 2 aromatic rings. The second kappa shape index (κ2) is 6.18. The van der Waals surface area contributed by atoms with E-state index in [2.05, 4.69) is 38.7 Å². The summed E-state index contributed by atoms with van der Waals surface area (Å²) in [6.45, 7) is 4.26.